The molecule has 2 aromatic carbocycles. The molecule has 9 heteroatoms. The largest absolute Gasteiger partial charge is 0.444 e. The Labute approximate surface area is 214 Å². The number of ether oxygens (including phenoxy) is 2. The van der Waals surface area contributed by atoms with Crippen LogP contribution in [0.15, 0.2) is 90.0 Å². The normalized spacial score (nSPS) is 15.3. The number of anilines is 2. The Morgan fingerprint density at radius 1 is 1.08 bits per heavy atom. The first kappa shape index (κ1) is 24.2. The van der Waals surface area contributed by atoms with Crippen LogP contribution in [-0.2, 0) is 23.1 Å². The molecule has 0 radical (unpaired) electrons. The van der Waals surface area contributed by atoms with Gasteiger partial charge < -0.3 is 14.4 Å². The summed E-state index contributed by atoms with van der Waals surface area (Å²) in [6.45, 7) is 1.84. The summed E-state index contributed by atoms with van der Waals surface area (Å²) in [6, 6.07) is 22.2. The molecule has 188 valence electrons. The predicted molar refractivity (Wildman–Crippen MR) is 140 cm³/mol. The topological polar surface area (TPSA) is 98.6 Å². The SMILES string of the molecule is Cn1c(N2CCO[C@@H](c3ccc(NC(=O)OCc4ccccc4)cc3)C2)nc(-c2ccncc2)cc1=O. The minimum Gasteiger partial charge on any atom is -0.444 e. The summed E-state index contributed by atoms with van der Waals surface area (Å²) < 4.78 is 12.9. The molecule has 9 nitrogen and oxygen atoms in total. The Morgan fingerprint density at radius 3 is 2.59 bits per heavy atom. The summed E-state index contributed by atoms with van der Waals surface area (Å²) in [4.78, 5) is 35.7. The Balaban J connectivity index is 1.25. The smallest absolute Gasteiger partial charge is 0.411 e. The van der Waals surface area contributed by atoms with E-state index in [9.17, 15) is 9.59 Å². The number of amides is 1. The number of carbonyl (C=O) groups is 1. The van der Waals surface area contributed by atoms with Crippen LogP contribution >= 0.6 is 0 Å². The summed E-state index contributed by atoms with van der Waals surface area (Å²) in [6.07, 6.45) is 2.63. The lowest BCUT2D eigenvalue weighted by molar-refractivity contribution is 0.0390. The van der Waals surface area contributed by atoms with Gasteiger partial charge in [-0.3, -0.25) is 19.7 Å². The highest BCUT2D eigenvalue weighted by molar-refractivity contribution is 5.84. The van der Waals surface area contributed by atoms with Crippen molar-refractivity contribution in [3.63, 3.8) is 0 Å². The fraction of sp³-hybridized carbons (Fsp3) is 0.214. The molecule has 4 aromatic rings. The van der Waals surface area contributed by atoms with Gasteiger partial charge in [0.2, 0.25) is 5.95 Å². The van der Waals surface area contributed by atoms with Gasteiger partial charge in [-0.25, -0.2) is 9.78 Å². The van der Waals surface area contributed by atoms with Gasteiger partial charge in [-0.05, 0) is 35.4 Å². The number of hydrogen-bond donors (Lipinski definition) is 1. The maximum Gasteiger partial charge on any atom is 0.411 e. The van der Waals surface area contributed by atoms with Gasteiger partial charge in [0.25, 0.3) is 5.56 Å². The van der Waals surface area contributed by atoms with Gasteiger partial charge in [0.05, 0.1) is 18.8 Å². The van der Waals surface area contributed by atoms with Crippen molar-refractivity contribution >= 4 is 17.7 Å². The molecule has 1 saturated heterocycles. The van der Waals surface area contributed by atoms with E-state index in [1.807, 2.05) is 66.7 Å². The van der Waals surface area contributed by atoms with Gasteiger partial charge in [0.15, 0.2) is 0 Å². The minimum atomic E-state index is -0.516. The molecule has 0 saturated carbocycles. The summed E-state index contributed by atoms with van der Waals surface area (Å²) in [5.41, 5.74) is 3.83. The number of morpholine rings is 1. The quantitative estimate of drug-likeness (QED) is 0.427. The predicted octanol–water partition coefficient (Wildman–Crippen LogP) is 4.17. The first-order valence-electron chi connectivity index (χ1n) is 12.0. The van der Waals surface area contributed by atoms with E-state index < -0.39 is 6.09 Å². The van der Waals surface area contributed by atoms with Gasteiger partial charge in [-0.2, -0.15) is 0 Å². The lowest BCUT2D eigenvalue weighted by Gasteiger charge is -2.34. The molecular formula is C28H27N5O4. The number of rotatable bonds is 6. The zero-order valence-corrected chi connectivity index (χ0v) is 20.4. The van der Waals surface area contributed by atoms with E-state index in [-0.39, 0.29) is 18.3 Å². The maximum absolute atomic E-state index is 12.7. The first-order chi connectivity index (χ1) is 18.1. The summed E-state index contributed by atoms with van der Waals surface area (Å²) >= 11 is 0. The molecule has 2 aromatic heterocycles. The Morgan fingerprint density at radius 2 is 1.84 bits per heavy atom. The molecule has 5 rings (SSSR count). The fourth-order valence-electron chi connectivity index (χ4n) is 4.17. The molecule has 0 spiro atoms. The average Bonchev–Trinajstić information content (AvgIpc) is 2.95. The molecule has 1 aliphatic rings. The average molecular weight is 498 g/mol. The number of carbonyl (C=O) groups excluding carboxylic acids is 1. The van der Waals surface area contributed by atoms with E-state index in [0.717, 1.165) is 16.7 Å². The zero-order valence-electron chi connectivity index (χ0n) is 20.4. The highest BCUT2D eigenvalue weighted by Gasteiger charge is 2.25. The molecule has 1 atom stereocenters. The molecule has 0 bridgehead atoms. The van der Waals surface area contributed by atoms with E-state index in [2.05, 4.69) is 15.2 Å². The van der Waals surface area contributed by atoms with Crippen LogP contribution in [0, 0.1) is 0 Å². The second-order valence-corrected chi connectivity index (χ2v) is 8.69. The van der Waals surface area contributed by atoms with Crippen molar-refractivity contribution in [2.24, 2.45) is 7.05 Å². The maximum atomic E-state index is 12.7. The van der Waals surface area contributed by atoms with Crippen molar-refractivity contribution in [1.82, 2.24) is 14.5 Å². The fourth-order valence-corrected chi connectivity index (χ4v) is 4.17. The number of nitrogens with zero attached hydrogens (tertiary/aromatic N) is 4. The number of benzene rings is 2. The third-order valence-corrected chi connectivity index (χ3v) is 6.18. The van der Waals surface area contributed by atoms with E-state index in [1.54, 1.807) is 24.0 Å². The van der Waals surface area contributed by atoms with Crippen LogP contribution in [0.3, 0.4) is 0 Å². The number of nitrogens with one attached hydrogen (secondary N) is 1. The summed E-state index contributed by atoms with van der Waals surface area (Å²) in [7, 11) is 1.73. The van der Waals surface area contributed by atoms with Gasteiger partial charge in [0, 0.05) is 43.3 Å². The molecule has 1 fully saturated rings. The molecule has 3 heterocycles. The molecule has 1 aliphatic heterocycles. The van der Waals surface area contributed by atoms with Crippen LogP contribution < -0.4 is 15.8 Å². The molecule has 1 N–H and O–H groups in total. The highest BCUT2D eigenvalue weighted by atomic mass is 16.5. The van der Waals surface area contributed by atoms with Crippen molar-refractivity contribution in [2.45, 2.75) is 12.7 Å². The standard InChI is InChI=1S/C28H27N5O4/c1-32-26(34)17-24(21-11-13-29-14-12-21)31-27(32)33-15-16-36-25(18-33)22-7-9-23(10-8-22)30-28(35)37-19-20-5-3-2-4-6-20/h2-14,17,25H,15-16,18-19H2,1H3,(H,30,35)/t25-/m1/s1. The van der Waals surface area contributed by atoms with Crippen molar-refractivity contribution in [3.05, 3.63) is 107 Å². The van der Waals surface area contributed by atoms with Crippen molar-refractivity contribution in [1.29, 1.82) is 0 Å². The second kappa shape index (κ2) is 11.0. The van der Waals surface area contributed by atoms with Crippen molar-refractivity contribution < 1.29 is 14.3 Å². The minimum absolute atomic E-state index is 0.130. The molecule has 1 amide bonds. The van der Waals surface area contributed by atoms with Crippen LogP contribution in [0.25, 0.3) is 11.3 Å². The molecule has 37 heavy (non-hydrogen) atoms. The third kappa shape index (κ3) is 5.84. The second-order valence-electron chi connectivity index (χ2n) is 8.69. The summed E-state index contributed by atoms with van der Waals surface area (Å²) in [5.74, 6) is 0.590. The van der Waals surface area contributed by atoms with Crippen LogP contribution in [-0.4, -0.2) is 40.3 Å². The zero-order chi connectivity index (χ0) is 25.6. The lowest BCUT2D eigenvalue weighted by atomic mass is 10.1. The Bertz CT molecular complexity index is 1410. The van der Waals surface area contributed by atoms with Crippen LogP contribution in [0.4, 0.5) is 16.4 Å². The Hall–Kier alpha value is -4.50. The van der Waals surface area contributed by atoms with Crippen LogP contribution in [0.5, 0.6) is 0 Å². The van der Waals surface area contributed by atoms with E-state index in [1.165, 1.54) is 6.07 Å². The molecule has 0 aliphatic carbocycles. The summed E-state index contributed by atoms with van der Waals surface area (Å²) in [5, 5.41) is 2.75. The molecule has 0 unspecified atom stereocenters. The number of pyridine rings is 1. The van der Waals surface area contributed by atoms with Crippen LogP contribution in [0.1, 0.15) is 17.2 Å². The number of hydrogen-bond acceptors (Lipinski definition) is 7. The first-order valence-corrected chi connectivity index (χ1v) is 12.0. The lowest BCUT2D eigenvalue weighted by Crippen LogP contribution is -2.41. The van der Waals surface area contributed by atoms with Crippen molar-refractivity contribution in [2.75, 3.05) is 29.9 Å². The third-order valence-electron chi connectivity index (χ3n) is 6.18. The monoisotopic (exact) mass is 497 g/mol. The van der Waals surface area contributed by atoms with E-state index >= 15 is 0 Å². The van der Waals surface area contributed by atoms with Crippen molar-refractivity contribution in [3.8, 4) is 11.3 Å². The van der Waals surface area contributed by atoms with E-state index in [4.69, 9.17) is 14.5 Å². The van der Waals surface area contributed by atoms with Gasteiger partial charge in [-0.15, -0.1) is 0 Å². The van der Waals surface area contributed by atoms with Gasteiger partial charge in [-0.1, -0.05) is 42.5 Å². The van der Waals surface area contributed by atoms with Gasteiger partial charge >= 0.3 is 6.09 Å². The van der Waals surface area contributed by atoms with Gasteiger partial charge in [0.1, 0.15) is 12.7 Å². The number of aromatic nitrogens is 3. The highest BCUT2D eigenvalue weighted by Crippen LogP contribution is 2.27. The Kier molecular flexibility index (Phi) is 7.23. The van der Waals surface area contributed by atoms with Crippen LogP contribution in [0.2, 0.25) is 0 Å². The van der Waals surface area contributed by atoms with E-state index in [0.29, 0.717) is 37.0 Å². The molecular weight excluding hydrogens is 470 g/mol.